The fraction of sp³-hybridized carbons (Fsp3) is 0. The van der Waals surface area contributed by atoms with E-state index in [0.717, 1.165) is 16.8 Å². The van der Waals surface area contributed by atoms with Crippen LogP contribution in [0.3, 0.4) is 0 Å². The van der Waals surface area contributed by atoms with Gasteiger partial charge in [0.1, 0.15) is 0 Å². The SMILES string of the molecule is O=C(/C=C/c1ccc(C=Nc2cccc(Cl)c2)cc1)c1cccc2c1C(=O)c1ccccc1C2=O. The van der Waals surface area contributed by atoms with Crippen molar-refractivity contribution >= 4 is 46.9 Å². The topological polar surface area (TPSA) is 63.6 Å². The molecule has 5 rings (SSSR count). The van der Waals surface area contributed by atoms with Crippen LogP contribution in [0.4, 0.5) is 5.69 Å². The highest BCUT2D eigenvalue weighted by Gasteiger charge is 2.32. The number of aliphatic imine (C=N–C) groups is 1. The van der Waals surface area contributed by atoms with Crippen molar-refractivity contribution in [2.24, 2.45) is 4.99 Å². The predicted molar refractivity (Wildman–Crippen MR) is 138 cm³/mol. The second-order valence-corrected chi connectivity index (χ2v) is 8.47. The van der Waals surface area contributed by atoms with Crippen LogP contribution in [0.25, 0.3) is 6.08 Å². The largest absolute Gasteiger partial charge is 0.289 e. The Morgan fingerprint density at radius 2 is 1.37 bits per heavy atom. The maximum absolute atomic E-state index is 13.1. The molecule has 0 heterocycles. The van der Waals surface area contributed by atoms with Gasteiger partial charge in [-0.15, -0.1) is 0 Å². The Balaban J connectivity index is 1.36. The molecule has 0 saturated heterocycles. The summed E-state index contributed by atoms with van der Waals surface area (Å²) in [4.78, 5) is 43.5. The van der Waals surface area contributed by atoms with Gasteiger partial charge >= 0.3 is 0 Å². The Hall–Kier alpha value is -4.41. The second kappa shape index (κ2) is 9.45. The number of nitrogens with zero attached hydrogens (tertiary/aromatic N) is 1. The van der Waals surface area contributed by atoms with Gasteiger partial charge in [-0.1, -0.05) is 90.5 Å². The van der Waals surface area contributed by atoms with Crippen LogP contribution in [0.15, 0.2) is 102 Å². The maximum atomic E-state index is 13.1. The van der Waals surface area contributed by atoms with E-state index in [0.29, 0.717) is 16.1 Å². The number of carbonyl (C=O) groups is 3. The quantitative estimate of drug-likeness (QED) is 0.160. The highest BCUT2D eigenvalue weighted by Crippen LogP contribution is 2.30. The van der Waals surface area contributed by atoms with Gasteiger partial charge in [0, 0.05) is 39.1 Å². The second-order valence-electron chi connectivity index (χ2n) is 8.03. The zero-order valence-corrected chi connectivity index (χ0v) is 19.2. The molecule has 0 spiro atoms. The van der Waals surface area contributed by atoms with E-state index in [9.17, 15) is 14.4 Å². The van der Waals surface area contributed by atoms with Gasteiger partial charge < -0.3 is 0 Å². The molecule has 0 amide bonds. The highest BCUT2D eigenvalue weighted by molar-refractivity contribution is 6.31. The molecule has 0 bridgehead atoms. The Morgan fingerprint density at radius 1 is 0.714 bits per heavy atom. The molecule has 0 radical (unpaired) electrons. The van der Waals surface area contributed by atoms with E-state index >= 15 is 0 Å². The third-order valence-corrected chi connectivity index (χ3v) is 5.99. The number of hydrogen-bond acceptors (Lipinski definition) is 4. The van der Waals surface area contributed by atoms with Crippen molar-refractivity contribution in [3.63, 3.8) is 0 Å². The highest BCUT2D eigenvalue weighted by atomic mass is 35.5. The van der Waals surface area contributed by atoms with Crippen LogP contribution in [-0.2, 0) is 0 Å². The molecule has 35 heavy (non-hydrogen) atoms. The minimum Gasteiger partial charge on any atom is -0.289 e. The summed E-state index contributed by atoms with van der Waals surface area (Å²) in [5, 5.41) is 0.625. The molecule has 0 unspecified atom stereocenters. The minimum absolute atomic E-state index is 0.165. The van der Waals surface area contributed by atoms with Crippen molar-refractivity contribution in [2.45, 2.75) is 0 Å². The van der Waals surface area contributed by atoms with Gasteiger partial charge in [-0.05, 0) is 35.4 Å². The third-order valence-electron chi connectivity index (χ3n) is 5.75. The Bertz CT molecular complexity index is 1550. The molecule has 168 valence electrons. The molecule has 0 atom stereocenters. The molecule has 4 nitrogen and oxygen atoms in total. The Labute approximate surface area is 207 Å². The van der Waals surface area contributed by atoms with E-state index in [4.69, 9.17) is 11.6 Å². The van der Waals surface area contributed by atoms with E-state index in [2.05, 4.69) is 4.99 Å². The standard InChI is InChI=1S/C30H18ClNO3/c31-21-5-3-6-22(17-21)32-18-20-13-11-19(12-14-20)15-16-27(33)25-9-4-10-26-28(25)30(35)24-8-2-1-7-23(24)29(26)34/h1-18H/b16-15+,32-18?. The smallest absolute Gasteiger partial charge is 0.195 e. The van der Waals surface area contributed by atoms with Crippen molar-refractivity contribution in [3.05, 3.63) is 141 Å². The van der Waals surface area contributed by atoms with E-state index in [-0.39, 0.29) is 34.0 Å². The number of fused-ring (bicyclic) bond motifs is 2. The first-order chi connectivity index (χ1) is 17.0. The van der Waals surface area contributed by atoms with Crippen LogP contribution in [0.2, 0.25) is 5.02 Å². The Morgan fingerprint density at radius 3 is 2.11 bits per heavy atom. The molecule has 1 aliphatic rings. The summed E-state index contributed by atoms with van der Waals surface area (Å²) in [7, 11) is 0. The summed E-state index contributed by atoms with van der Waals surface area (Å²) in [6, 6.07) is 26.3. The number of hydrogen-bond donors (Lipinski definition) is 0. The molecule has 5 heteroatoms. The Kier molecular flexibility index (Phi) is 6.04. The van der Waals surface area contributed by atoms with E-state index in [1.54, 1.807) is 66.9 Å². The average molecular weight is 476 g/mol. The molecular formula is C30H18ClNO3. The van der Waals surface area contributed by atoms with Crippen molar-refractivity contribution in [3.8, 4) is 0 Å². The normalized spacial score (nSPS) is 12.7. The van der Waals surface area contributed by atoms with Gasteiger partial charge in [-0.2, -0.15) is 0 Å². The minimum atomic E-state index is -0.339. The number of allylic oxidation sites excluding steroid dienone is 1. The van der Waals surface area contributed by atoms with Crippen molar-refractivity contribution in [1.82, 2.24) is 0 Å². The van der Waals surface area contributed by atoms with Crippen LogP contribution in [0.1, 0.15) is 53.3 Å². The van der Waals surface area contributed by atoms with Crippen LogP contribution in [0.5, 0.6) is 0 Å². The number of carbonyl (C=O) groups excluding carboxylic acids is 3. The predicted octanol–water partition coefficient (Wildman–Crippen LogP) is 6.76. The summed E-state index contributed by atoms with van der Waals surface area (Å²) >= 11 is 5.98. The lowest BCUT2D eigenvalue weighted by molar-refractivity contribution is 0.0972. The molecule has 0 saturated carbocycles. The van der Waals surface area contributed by atoms with Gasteiger partial charge in [0.05, 0.1) is 5.69 Å². The molecule has 0 fully saturated rings. The number of rotatable bonds is 5. The van der Waals surface area contributed by atoms with Crippen LogP contribution >= 0.6 is 11.6 Å². The van der Waals surface area contributed by atoms with Gasteiger partial charge in [0.15, 0.2) is 17.3 Å². The van der Waals surface area contributed by atoms with Gasteiger partial charge in [-0.3, -0.25) is 19.4 Å². The summed E-state index contributed by atoms with van der Waals surface area (Å²) in [6.07, 6.45) is 4.84. The zero-order valence-electron chi connectivity index (χ0n) is 18.4. The average Bonchev–Trinajstić information content (AvgIpc) is 2.89. The first kappa shape index (κ1) is 22.4. The first-order valence-electron chi connectivity index (χ1n) is 10.9. The van der Waals surface area contributed by atoms with Crippen molar-refractivity contribution in [1.29, 1.82) is 0 Å². The third kappa shape index (κ3) is 4.52. The lowest BCUT2D eigenvalue weighted by Crippen LogP contribution is -2.23. The number of benzene rings is 4. The van der Waals surface area contributed by atoms with E-state index < -0.39 is 0 Å². The summed E-state index contributed by atoms with van der Waals surface area (Å²) in [5.74, 6) is -0.895. The van der Waals surface area contributed by atoms with Crippen molar-refractivity contribution in [2.75, 3.05) is 0 Å². The molecule has 4 aromatic carbocycles. The van der Waals surface area contributed by atoms with Gasteiger partial charge in [0.2, 0.25) is 0 Å². The molecular weight excluding hydrogens is 458 g/mol. The summed E-state index contributed by atoms with van der Waals surface area (Å²) < 4.78 is 0. The van der Waals surface area contributed by atoms with Crippen LogP contribution in [-0.4, -0.2) is 23.6 Å². The molecule has 1 aliphatic carbocycles. The zero-order chi connectivity index (χ0) is 24.4. The maximum Gasteiger partial charge on any atom is 0.195 e. The molecule has 0 aliphatic heterocycles. The molecule has 0 N–H and O–H groups in total. The van der Waals surface area contributed by atoms with E-state index in [1.165, 1.54) is 6.08 Å². The van der Waals surface area contributed by atoms with E-state index in [1.807, 2.05) is 36.4 Å². The first-order valence-corrected chi connectivity index (χ1v) is 11.3. The summed E-state index contributed by atoms with van der Waals surface area (Å²) in [5.41, 5.74) is 3.80. The fourth-order valence-electron chi connectivity index (χ4n) is 4.01. The monoisotopic (exact) mass is 475 g/mol. The van der Waals surface area contributed by atoms with Crippen LogP contribution < -0.4 is 0 Å². The number of ketones is 3. The lowest BCUT2D eigenvalue weighted by Gasteiger charge is -2.19. The summed E-state index contributed by atoms with van der Waals surface area (Å²) in [6.45, 7) is 0. The fourth-order valence-corrected chi connectivity index (χ4v) is 4.20. The molecule has 4 aromatic rings. The molecule has 0 aromatic heterocycles. The van der Waals surface area contributed by atoms with Crippen molar-refractivity contribution < 1.29 is 14.4 Å². The van der Waals surface area contributed by atoms with Gasteiger partial charge in [0.25, 0.3) is 0 Å². The number of halogens is 1. The van der Waals surface area contributed by atoms with Crippen LogP contribution in [0, 0.1) is 0 Å². The van der Waals surface area contributed by atoms with Gasteiger partial charge in [-0.25, -0.2) is 0 Å². The lowest BCUT2D eigenvalue weighted by atomic mass is 9.81.